The number of nitrogens with one attached hydrogen (secondary N) is 1. The SMILES string of the molecule is O=S(=O)(Nc1cc(F)c(Br)cc1F)c1cccc(Cl)c1. The minimum absolute atomic E-state index is 0.0966. The van der Waals surface area contributed by atoms with E-state index in [1.807, 2.05) is 4.72 Å². The first-order valence-corrected chi connectivity index (χ1v) is 7.88. The Morgan fingerprint density at radius 2 is 1.80 bits per heavy atom. The summed E-state index contributed by atoms with van der Waals surface area (Å²) in [5, 5.41) is 0.218. The van der Waals surface area contributed by atoms with Gasteiger partial charge in [-0.1, -0.05) is 17.7 Å². The van der Waals surface area contributed by atoms with Gasteiger partial charge in [-0.3, -0.25) is 4.72 Å². The van der Waals surface area contributed by atoms with Crippen LogP contribution in [0, 0.1) is 11.6 Å². The molecule has 0 aromatic heterocycles. The van der Waals surface area contributed by atoms with Crippen LogP contribution < -0.4 is 4.72 Å². The summed E-state index contributed by atoms with van der Waals surface area (Å²) in [6, 6.07) is 7.03. The Balaban J connectivity index is 2.41. The summed E-state index contributed by atoms with van der Waals surface area (Å²) < 4.78 is 52.9. The van der Waals surface area contributed by atoms with Gasteiger partial charge in [0.25, 0.3) is 10.0 Å². The lowest BCUT2D eigenvalue weighted by Gasteiger charge is -2.10. The molecule has 2 aromatic carbocycles. The summed E-state index contributed by atoms with van der Waals surface area (Å²) >= 11 is 8.50. The lowest BCUT2D eigenvalue weighted by atomic mass is 10.3. The molecule has 0 spiro atoms. The summed E-state index contributed by atoms with van der Waals surface area (Å²) in [7, 11) is -4.04. The third-order valence-corrected chi connectivity index (χ3v) is 4.57. The number of anilines is 1. The molecule has 0 aliphatic rings. The highest BCUT2D eigenvalue weighted by atomic mass is 79.9. The molecule has 106 valence electrons. The van der Waals surface area contributed by atoms with Gasteiger partial charge in [-0.25, -0.2) is 17.2 Å². The molecule has 0 atom stereocenters. The van der Waals surface area contributed by atoms with Crippen molar-refractivity contribution in [3.63, 3.8) is 0 Å². The highest BCUT2D eigenvalue weighted by Gasteiger charge is 2.18. The molecule has 20 heavy (non-hydrogen) atoms. The minimum atomic E-state index is -4.04. The largest absolute Gasteiger partial charge is 0.277 e. The Morgan fingerprint density at radius 3 is 2.45 bits per heavy atom. The second-order valence-electron chi connectivity index (χ2n) is 3.81. The van der Waals surface area contributed by atoms with Crippen molar-refractivity contribution >= 4 is 43.2 Å². The van der Waals surface area contributed by atoms with Crippen LogP contribution in [0.1, 0.15) is 0 Å². The van der Waals surface area contributed by atoms with Crippen molar-refractivity contribution in [2.45, 2.75) is 4.90 Å². The highest BCUT2D eigenvalue weighted by molar-refractivity contribution is 9.10. The predicted molar refractivity (Wildman–Crippen MR) is 76.3 cm³/mol. The van der Waals surface area contributed by atoms with Crippen LogP contribution in [-0.2, 0) is 10.0 Å². The molecule has 8 heteroatoms. The predicted octanol–water partition coefficient (Wildman–Crippen LogP) is 4.18. The van der Waals surface area contributed by atoms with Crippen LogP contribution in [0.3, 0.4) is 0 Å². The van der Waals surface area contributed by atoms with Gasteiger partial charge in [-0.2, -0.15) is 0 Å². The lowest BCUT2D eigenvalue weighted by molar-refractivity contribution is 0.592. The molecule has 3 nitrogen and oxygen atoms in total. The van der Waals surface area contributed by atoms with Crippen molar-refractivity contribution in [1.29, 1.82) is 0 Å². The fourth-order valence-electron chi connectivity index (χ4n) is 1.44. The van der Waals surface area contributed by atoms with E-state index in [-0.39, 0.29) is 14.4 Å². The number of hydrogen-bond donors (Lipinski definition) is 1. The average molecular weight is 383 g/mol. The fourth-order valence-corrected chi connectivity index (χ4v) is 3.11. The van der Waals surface area contributed by atoms with Crippen LogP contribution in [0.2, 0.25) is 5.02 Å². The second kappa shape index (κ2) is 5.67. The summed E-state index contributed by atoms with van der Waals surface area (Å²) in [4.78, 5) is -0.146. The molecule has 0 amide bonds. The fraction of sp³-hybridized carbons (Fsp3) is 0. The van der Waals surface area contributed by atoms with Crippen molar-refractivity contribution in [1.82, 2.24) is 0 Å². The van der Waals surface area contributed by atoms with Crippen LogP contribution in [0.5, 0.6) is 0 Å². The van der Waals surface area contributed by atoms with Gasteiger partial charge in [-0.05, 0) is 40.2 Å². The zero-order valence-corrected chi connectivity index (χ0v) is 12.9. The van der Waals surface area contributed by atoms with Gasteiger partial charge in [0.05, 0.1) is 15.1 Å². The smallest absolute Gasteiger partial charge is 0.262 e. The minimum Gasteiger partial charge on any atom is -0.277 e. The molecular formula is C12H7BrClF2NO2S. The molecule has 0 saturated carbocycles. The van der Waals surface area contributed by atoms with Crippen LogP contribution in [-0.4, -0.2) is 8.42 Å². The lowest BCUT2D eigenvalue weighted by Crippen LogP contribution is -2.14. The molecule has 0 radical (unpaired) electrons. The van der Waals surface area contributed by atoms with E-state index in [4.69, 9.17) is 11.6 Å². The topological polar surface area (TPSA) is 46.2 Å². The van der Waals surface area contributed by atoms with Crippen molar-refractivity contribution in [2.24, 2.45) is 0 Å². The van der Waals surface area contributed by atoms with Gasteiger partial charge in [0.2, 0.25) is 0 Å². The van der Waals surface area contributed by atoms with Gasteiger partial charge in [0.15, 0.2) is 0 Å². The van der Waals surface area contributed by atoms with Crippen molar-refractivity contribution in [3.05, 3.63) is 57.5 Å². The van der Waals surface area contributed by atoms with Crippen molar-refractivity contribution < 1.29 is 17.2 Å². The van der Waals surface area contributed by atoms with Crippen LogP contribution >= 0.6 is 27.5 Å². The van der Waals surface area contributed by atoms with Crippen molar-refractivity contribution in [2.75, 3.05) is 4.72 Å². The first-order chi connectivity index (χ1) is 9.29. The Labute approximate surface area is 127 Å². The maximum absolute atomic E-state index is 13.6. The van der Waals surface area contributed by atoms with E-state index in [9.17, 15) is 17.2 Å². The Bertz CT molecular complexity index is 768. The zero-order chi connectivity index (χ0) is 14.9. The van der Waals surface area contributed by atoms with E-state index < -0.39 is 27.3 Å². The molecular weight excluding hydrogens is 376 g/mol. The molecule has 1 N–H and O–H groups in total. The van der Waals surface area contributed by atoms with E-state index in [1.54, 1.807) is 0 Å². The summed E-state index contributed by atoms with van der Waals surface area (Å²) in [5.41, 5.74) is -0.481. The molecule has 0 saturated heterocycles. The highest BCUT2D eigenvalue weighted by Crippen LogP contribution is 2.26. The molecule has 0 unspecified atom stereocenters. The van der Waals surface area contributed by atoms with Crippen LogP contribution in [0.15, 0.2) is 45.8 Å². The molecule has 0 bridgehead atoms. The number of rotatable bonds is 3. The first kappa shape index (κ1) is 15.2. The van der Waals surface area contributed by atoms with Gasteiger partial charge >= 0.3 is 0 Å². The molecule has 0 aliphatic heterocycles. The monoisotopic (exact) mass is 381 g/mol. The summed E-state index contributed by atoms with van der Waals surface area (Å²) in [5.74, 6) is -1.68. The molecule has 0 fully saturated rings. The normalized spacial score (nSPS) is 11.4. The molecule has 2 aromatic rings. The zero-order valence-electron chi connectivity index (χ0n) is 9.70. The van der Waals surface area contributed by atoms with Gasteiger partial charge in [-0.15, -0.1) is 0 Å². The third kappa shape index (κ3) is 3.28. The summed E-state index contributed by atoms with van der Waals surface area (Å²) in [6.07, 6.45) is 0. The molecule has 2 rings (SSSR count). The van der Waals surface area contributed by atoms with Crippen LogP contribution in [0.4, 0.5) is 14.5 Å². The maximum atomic E-state index is 13.6. The van der Waals surface area contributed by atoms with Crippen LogP contribution in [0.25, 0.3) is 0 Å². The third-order valence-electron chi connectivity index (χ3n) is 2.36. The second-order valence-corrected chi connectivity index (χ2v) is 6.78. The number of hydrogen-bond acceptors (Lipinski definition) is 2. The number of benzene rings is 2. The average Bonchev–Trinajstić information content (AvgIpc) is 2.36. The van der Waals surface area contributed by atoms with Gasteiger partial charge in [0, 0.05) is 11.1 Å². The van der Waals surface area contributed by atoms with E-state index in [0.717, 1.165) is 12.1 Å². The van der Waals surface area contributed by atoms with Gasteiger partial charge < -0.3 is 0 Å². The Hall–Kier alpha value is -1.18. The van der Waals surface area contributed by atoms with E-state index in [0.29, 0.717) is 0 Å². The van der Waals surface area contributed by atoms with Gasteiger partial charge in [0.1, 0.15) is 11.6 Å². The summed E-state index contributed by atoms with van der Waals surface area (Å²) in [6.45, 7) is 0. The first-order valence-electron chi connectivity index (χ1n) is 5.22. The van der Waals surface area contributed by atoms with E-state index in [1.165, 1.54) is 24.3 Å². The molecule has 0 aliphatic carbocycles. The van der Waals surface area contributed by atoms with E-state index >= 15 is 0 Å². The van der Waals surface area contributed by atoms with Crippen molar-refractivity contribution in [3.8, 4) is 0 Å². The Kier molecular flexibility index (Phi) is 4.31. The standard InChI is InChI=1S/C12H7BrClF2NO2S/c13-9-5-11(16)12(6-10(9)15)17-20(18,19)8-3-1-2-7(14)4-8/h1-6,17H. The molecule has 0 heterocycles. The number of sulfonamides is 1. The van der Waals surface area contributed by atoms with E-state index in [2.05, 4.69) is 15.9 Å². The quantitative estimate of drug-likeness (QED) is 0.810. The Morgan fingerprint density at radius 1 is 1.10 bits per heavy atom. The maximum Gasteiger partial charge on any atom is 0.262 e. The number of halogens is 4.